The molecule has 3 aromatic rings. The lowest BCUT2D eigenvalue weighted by atomic mass is 9.82. The molecule has 190 valence electrons. The van der Waals surface area contributed by atoms with Gasteiger partial charge in [0.05, 0.1) is 6.61 Å². The molecule has 1 fully saturated rings. The summed E-state index contributed by atoms with van der Waals surface area (Å²) >= 11 is 12.1. The third-order valence-electron chi connectivity index (χ3n) is 6.02. The van der Waals surface area contributed by atoms with E-state index in [1.54, 1.807) is 31.2 Å². The fraction of sp³-hybridized carbons (Fsp3) is 0.240. The average Bonchev–Trinajstić information content (AvgIpc) is 2.98. The van der Waals surface area contributed by atoms with Gasteiger partial charge in [0.2, 0.25) is 0 Å². The fourth-order valence-corrected chi connectivity index (χ4v) is 4.77. The zero-order valence-corrected chi connectivity index (χ0v) is 20.6. The van der Waals surface area contributed by atoms with Crippen LogP contribution in [0, 0.1) is 0 Å². The van der Waals surface area contributed by atoms with Gasteiger partial charge in [-0.3, -0.25) is 9.80 Å². The number of hydrogen-bond acceptors (Lipinski definition) is 4. The summed E-state index contributed by atoms with van der Waals surface area (Å²) in [5.41, 5.74) is -3.14. The zero-order valence-electron chi connectivity index (χ0n) is 19.1. The van der Waals surface area contributed by atoms with Gasteiger partial charge in [0.15, 0.2) is 5.72 Å². The molecule has 1 saturated heterocycles. The van der Waals surface area contributed by atoms with E-state index in [9.17, 15) is 23.1 Å². The molecule has 0 unspecified atom stereocenters. The Bertz CT molecular complexity index is 1260. The largest absolute Gasteiger partial charge is 0.573 e. The minimum atomic E-state index is -4.95. The Kier molecular flexibility index (Phi) is 6.87. The van der Waals surface area contributed by atoms with Crippen LogP contribution < -0.4 is 14.5 Å². The predicted octanol–water partition coefficient (Wildman–Crippen LogP) is 6.59. The second-order valence-corrected chi connectivity index (χ2v) is 9.23. The molecule has 1 aliphatic heterocycles. The van der Waals surface area contributed by atoms with Crippen LogP contribution in [-0.4, -0.2) is 36.8 Å². The molecule has 0 spiro atoms. The van der Waals surface area contributed by atoms with E-state index in [0.717, 1.165) is 17.0 Å². The van der Waals surface area contributed by atoms with Gasteiger partial charge in [0.25, 0.3) is 0 Å². The average molecular weight is 541 g/mol. The van der Waals surface area contributed by atoms with Gasteiger partial charge in [-0.05, 0) is 67.6 Å². The van der Waals surface area contributed by atoms with Crippen LogP contribution >= 0.6 is 23.2 Å². The third kappa shape index (κ3) is 4.48. The van der Waals surface area contributed by atoms with Crippen molar-refractivity contribution in [2.75, 3.05) is 23.5 Å². The first-order valence-electron chi connectivity index (χ1n) is 10.6. The number of hydrogen-bond donors (Lipinski definition) is 1. The third-order valence-corrected chi connectivity index (χ3v) is 6.52. The highest BCUT2D eigenvalue weighted by Crippen LogP contribution is 2.51. The summed E-state index contributed by atoms with van der Waals surface area (Å²) in [7, 11) is 1.39. The molecule has 6 nitrogen and oxygen atoms in total. The number of aliphatic hydroxyl groups is 1. The van der Waals surface area contributed by atoms with Crippen molar-refractivity contribution >= 4 is 40.6 Å². The van der Waals surface area contributed by atoms with E-state index in [1.165, 1.54) is 48.4 Å². The Labute approximate surface area is 215 Å². The van der Waals surface area contributed by atoms with Gasteiger partial charge >= 0.3 is 12.4 Å². The molecule has 11 heteroatoms. The Hall–Kier alpha value is -2.98. The Balaban J connectivity index is 1.98. The molecule has 0 aromatic heterocycles. The number of methoxy groups -OCH3 is 1. The maximum Gasteiger partial charge on any atom is 0.573 e. The lowest BCUT2D eigenvalue weighted by molar-refractivity contribution is -0.274. The van der Waals surface area contributed by atoms with Crippen LogP contribution in [0.5, 0.6) is 5.75 Å². The molecule has 1 N–H and O–H groups in total. The molecule has 0 saturated carbocycles. The fourth-order valence-electron chi connectivity index (χ4n) is 4.52. The summed E-state index contributed by atoms with van der Waals surface area (Å²) in [6.45, 7) is 1.39. The van der Waals surface area contributed by atoms with E-state index in [-0.39, 0.29) is 17.9 Å². The summed E-state index contributed by atoms with van der Waals surface area (Å²) < 4.78 is 48.5. The second kappa shape index (κ2) is 9.48. The van der Waals surface area contributed by atoms with Crippen molar-refractivity contribution < 1.29 is 32.5 Å². The SMILES string of the molecule is COC[C@]1(C)N(c2ccc(Cl)cc2)C(=O)N(c2ccc(Cl)cc2)[C@@]1(O)c1cccc(OC(F)(F)F)c1. The van der Waals surface area contributed by atoms with Crippen LogP contribution in [0.15, 0.2) is 72.8 Å². The predicted molar refractivity (Wildman–Crippen MR) is 131 cm³/mol. The molecule has 1 heterocycles. The number of anilines is 2. The van der Waals surface area contributed by atoms with Crippen molar-refractivity contribution in [3.8, 4) is 5.75 Å². The molecular weight excluding hydrogens is 520 g/mol. The van der Waals surface area contributed by atoms with Crippen molar-refractivity contribution in [1.82, 2.24) is 0 Å². The van der Waals surface area contributed by atoms with Gasteiger partial charge in [-0.2, -0.15) is 0 Å². The van der Waals surface area contributed by atoms with Crippen LogP contribution in [0.1, 0.15) is 12.5 Å². The van der Waals surface area contributed by atoms with E-state index >= 15 is 0 Å². The second-order valence-electron chi connectivity index (χ2n) is 8.36. The quantitative estimate of drug-likeness (QED) is 0.383. The first-order chi connectivity index (χ1) is 16.9. The number of urea groups is 1. The highest BCUT2D eigenvalue weighted by atomic mass is 35.5. The molecule has 36 heavy (non-hydrogen) atoms. The topological polar surface area (TPSA) is 62.2 Å². The number of amides is 2. The number of benzene rings is 3. The monoisotopic (exact) mass is 540 g/mol. The normalized spacial score (nSPS) is 22.3. The van der Waals surface area contributed by atoms with Crippen LogP contribution in [0.3, 0.4) is 0 Å². The van der Waals surface area contributed by atoms with Crippen LogP contribution in [-0.2, 0) is 10.5 Å². The van der Waals surface area contributed by atoms with E-state index in [1.807, 2.05) is 0 Å². The van der Waals surface area contributed by atoms with Crippen molar-refractivity contribution in [3.05, 3.63) is 88.4 Å². The molecule has 0 aliphatic carbocycles. The highest BCUT2D eigenvalue weighted by molar-refractivity contribution is 6.31. The van der Waals surface area contributed by atoms with Crippen LogP contribution in [0.25, 0.3) is 0 Å². The maximum atomic E-state index is 14.0. The van der Waals surface area contributed by atoms with Gasteiger partial charge in [-0.25, -0.2) is 4.79 Å². The summed E-state index contributed by atoms with van der Waals surface area (Å²) in [5, 5.41) is 13.3. The molecule has 2 atom stereocenters. The number of rotatable bonds is 6. The molecule has 1 aliphatic rings. The van der Waals surface area contributed by atoms with E-state index in [2.05, 4.69) is 4.74 Å². The van der Waals surface area contributed by atoms with Crippen molar-refractivity contribution in [1.29, 1.82) is 0 Å². The first-order valence-corrected chi connectivity index (χ1v) is 11.4. The highest BCUT2D eigenvalue weighted by Gasteiger charge is 2.66. The van der Waals surface area contributed by atoms with Crippen molar-refractivity contribution in [3.63, 3.8) is 0 Å². The summed E-state index contributed by atoms with van der Waals surface area (Å²) in [6.07, 6.45) is -4.95. The van der Waals surface area contributed by atoms with Gasteiger partial charge in [0.1, 0.15) is 11.3 Å². The Morgan fingerprint density at radius 1 is 0.917 bits per heavy atom. The Morgan fingerprint density at radius 2 is 1.44 bits per heavy atom. The number of carbonyl (C=O) groups excluding carboxylic acids is 1. The summed E-state index contributed by atoms with van der Waals surface area (Å²) in [4.78, 5) is 16.5. The molecule has 2 amide bonds. The minimum absolute atomic E-state index is 0.0245. The zero-order chi connectivity index (χ0) is 26.3. The maximum absolute atomic E-state index is 14.0. The molecule has 4 rings (SSSR count). The van der Waals surface area contributed by atoms with Crippen molar-refractivity contribution in [2.24, 2.45) is 0 Å². The Morgan fingerprint density at radius 3 is 1.94 bits per heavy atom. The summed E-state index contributed by atoms with van der Waals surface area (Å²) in [6, 6.07) is 16.7. The van der Waals surface area contributed by atoms with E-state index in [4.69, 9.17) is 27.9 Å². The summed E-state index contributed by atoms with van der Waals surface area (Å²) in [5.74, 6) is -0.554. The number of nitrogens with zero attached hydrogens (tertiary/aromatic N) is 2. The molecular formula is C25H21Cl2F3N2O4. The molecule has 3 aromatic carbocycles. The van der Waals surface area contributed by atoms with Gasteiger partial charge in [-0.1, -0.05) is 35.3 Å². The lowest BCUT2D eigenvalue weighted by Gasteiger charge is -2.44. The first kappa shape index (κ1) is 26.1. The van der Waals surface area contributed by atoms with Gasteiger partial charge < -0.3 is 14.6 Å². The number of carbonyl (C=O) groups is 1. The standard InChI is InChI=1S/C25H21Cl2F3N2O4/c1-23(15-35-2)24(34,16-4-3-5-21(14-16)36-25(28,29)30)32(20-12-8-18(27)9-13-20)22(33)31(23)19-10-6-17(26)7-11-19/h3-14,34H,15H2,1-2H3/t23-,24+/m0/s1. The molecule has 0 radical (unpaired) electrons. The number of halogens is 5. The van der Waals surface area contributed by atoms with E-state index in [0.29, 0.717) is 15.7 Å². The van der Waals surface area contributed by atoms with Gasteiger partial charge in [0, 0.05) is 34.1 Å². The number of ether oxygens (including phenoxy) is 2. The van der Waals surface area contributed by atoms with Crippen LogP contribution in [0.4, 0.5) is 29.3 Å². The number of alkyl halides is 3. The smallest absolute Gasteiger partial charge is 0.406 e. The van der Waals surface area contributed by atoms with Crippen LogP contribution in [0.2, 0.25) is 10.0 Å². The van der Waals surface area contributed by atoms with E-state index < -0.39 is 29.4 Å². The van der Waals surface area contributed by atoms with Crippen molar-refractivity contribution in [2.45, 2.75) is 24.6 Å². The van der Waals surface area contributed by atoms with Gasteiger partial charge in [-0.15, -0.1) is 13.2 Å². The molecule has 0 bridgehead atoms. The lowest BCUT2D eigenvalue weighted by Crippen LogP contribution is -2.60. The minimum Gasteiger partial charge on any atom is -0.406 e.